The van der Waals surface area contributed by atoms with Gasteiger partial charge in [0.05, 0.1) is 0 Å². The number of para-hydroxylation sites is 1. The third-order valence-electron chi connectivity index (χ3n) is 4.97. The average molecular weight is 365 g/mol. The number of amides is 2. The molecule has 0 atom stereocenters. The van der Waals surface area contributed by atoms with E-state index in [0.717, 1.165) is 50.4 Å². The van der Waals surface area contributed by atoms with Gasteiger partial charge in [-0.05, 0) is 43.5 Å². The van der Waals surface area contributed by atoms with E-state index in [4.69, 9.17) is 0 Å². The molecule has 0 spiro atoms. The van der Waals surface area contributed by atoms with Crippen LogP contribution in [0.4, 0.5) is 11.5 Å². The van der Waals surface area contributed by atoms with Crippen molar-refractivity contribution in [3.8, 4) is 0 Å². The van der Waals surface area contributed by atoms with Crippen LogP contribution in [0.5, 0.6) is 0 Å². The summed E-state index contributed by atoms with van der Waals surface area (Å²) in [6.45, 7) is 3.09. The highest BCUT2D eigenvalue weighted by Crippen LogP contribution is 2.31. The van der Waals surface area contributed by atoms with Crippen LogP contribution in [0, 0.1) is 5.92 Å². The van der Waals surface area contributed by atoms with E-state index in [0.29, 0.717) is 12.5 Å². The number of carbonyl (C=O) groups excluding carboxylic acids is 2. The number of benzene rings is 1. The largest absolute Gasteiger partial charge is 0.353 e. The van der Waals surface area contributed by atoms with Crippen LogP contribution in [0.1, 0.15) is 29.8 Å². The normalized spacial score (nSPS) is 17.3. The molecule has 1 aromatic carbocycles. The van der Waals surface area contributed by atoms with Crippen LogP contribution in [-0.2, 0) is 4.79 Å². The summed E-state index contributed by atoms with van der Waals surface area (Å²) in [6, 6.07) is 12.8. The van der Waals surface area contributed by atoms with Crippen molar-refractivity contribution in [2.75, 3.05) is 36.4 Å². The summed E-state index contributed by atoms with van der Waals surface area (Å²) in [4.78, 5) is 28.6. The van der Waals surface area contributed by atoms with Gasteiger partial charge in [0.2, 0.25) is 5.91 Å². The highest BCUT2D eigenvalue weighted by Gasteiger charge is 2.34. The number of aromatic nitrogens is 2. The summed E-state index contributed by atoms with van der Waals surface area (Å²) in [5, 5.41) is 11.1. The summed E-state index contributed by atoms with van der Waals surface area (Å²) < 4.78 is 0. The fourth-order valence-corrected chi connectivity index (χ4v) is 3.29. The Morgan fingerprint density at radius 1 is 0.926 bits per heavy atom. The second-order valence-electron chi connectivity index (χ2n) is 7.04. The summed E-state index contributed by atoms with van der Waals surface area (Å²) in [5.41, 5.74) is 1.00. The zero-order valence-corrected chi connectivity index (χ0v) is 15.2. The van der Waals surface area contributed by atoms with E-state index in [1.54, 1.807) is 6.07 Å². The number of carbonyl (C=O) groups is 2. The van der Waals surface area contributed by atoms with Crippen LogP contribution in [0.3, 0.4) is 0 Å². The van der Waals surface area contributed by atoms with Crippen molar-refractivity contribution in [3.63, 3.8) is 0 Å². The molecule has 0 unspecified atom stereocenters. The van der Waals surface area contributed by atoms with E-state index in [1.165, 1.54) is 0 Å². The first-order chi connectivity index (χ1) is 13.2. The second kappa shape index (κ2) is 7.73. The smallest absolute Gasteiger partial charge is 0.276 e. The predicted octanol–water partition coefficient (Wildman–Crippen LogP) is 2.18. The number of nitrogens with zero attached hydrogens (tertiary/aromatic N) is 4. The van der Waals surface area contributed by atoms with Gasteiger partial charge in [-0.3, -0.25) is 9.59 Å². The monoisotopic (exact) mass is 365 g/mol. The minimum atomic E-state index is -0.280. The van der Waals surface area contributed by atoms with Crippen molar-refractivity contribution in [1.29, 1.82) is 0 Å². The van der Waals surface area contributed by atoms with Gasteiger partial charge in [-0.1, -0.05) is 18.2 Å². The van der Waals surface area contributed by atoms with Gasteiger partial charge in [-0.15, -0.1) is 10.2 Å². The molecule has 1 N–H and O–H groups in total. The minimum absolute atomic E-state index is 0.263. The molecule has 4 rings (SSSR count). The Bertz CT molecular complexity index is 805. The molecular formula is C20H23N5O2. The Balaban J connectivity index is 1.37. The highest BCUT2D eigenvalue weighted by molar-refractivity contribution is 6.02. The quantitative estimate of drug-likeness (QED) is 0.898. The molecule has 1 saturated heterocycles. The number of anilines is 2. The van der Waals surface area contributed by atoms with Gasteiger partial charge in [0, 0.05) is 37.8 Å². The first-order valence-electron chi connectivity index (χ1n) is 9.44. The molecule has 0 bridgehead atoms. The fraction of sp³-hybridized carbons (Fsp3) is 0.400. The van der Waals surface area contributed by atoms with E-state index in [-0.39, 0.29) is 17.5 Å². The number of nitrogens with one attached hydrogen (secondary N) is 1. The van der Waals surface area contributed by atoms with Crippen LogP contribution >= 0.6 is 0 Å². The van der Waals surface area contributed by atoms with Crippen LogP contribution in [0.2, 0.25) is 0 Å². The number of hydrogen-bond acceptors (Lipinski definition) is 5. The van der Waals surface area contributed by atoms with E-state index in [2.05, 4.69) is 20.4 Å². The molecule has 1 aliphatic carbocycles. The maximum absolute atomic E-state index is 12.3. The van der Waals surface area contributed by atoms with Crippen LogP contribution in [0.15, 0.2) is 42.5 Å². The van der Waals surface area contributed by atoms with Crippen LogP contribution in [0.25, 0.3) is 0 Å². The van der Waals surface area contributed by atoms with Crippen molar-refractivity contribution < 1.29 is 9.59 Å². The molecule has 2 aromatic rings. The molecule has 140 valence electrons. The zero-order valence-electron chi connectivity index (χ0n) is 15.2. The van der Waals surface area contributed by atoms with E-state index >= 15 is 0 Å². The molecule has 2 aliphatic rings. The van der Waals surface area contributed by atoms with Gasteiger partial charge in [0.1, 0.15) is 0 Å². The summed E-state index contributed by atoms with van der Waals surface area (Å²) in [6.07, 6.45) is 2.99. The molecular weight excluding hydrogens is 342 g/mol. The standard InChI is InChI=1S/C20H23N5O2/c26-19(21-16-5-2-1-3-6-16)17-9-10-18(23-22-17)24-11-4-12-25(14-13-24)20(27)15-7-8-15/h1-3,5-6,9-10,15H,4,7-8,11-14H2,(H,21,26). The lowest BCUT2D eigenvalue weighted by Gasteiger charge is -2.22. The van der Waals surface area contributed by atoms with E-state index < -0.39 is 0 Å². The number of hydrogen-bond donors (Lipinski definition) is 1. The van der Waals surface area contributed by atoms with E-state index in [9.17, 15) is 9.59 Å². The van der Waals surface area contributed by atoms with Crippen molar-refractivity contribution >= 4 is 23.3 Å². The van der Waals surface area contributed by atoms with Gasteiger partial charge in [-0.2, -0.15) is 0 Å². The lowest BCUT2D eigenvalue weighted by atomic mass is 10.3. The molecule has 2 amide bonds. The van der Waals surface area contributed by atoms with Gasteiger partial charge in [0.15, 0.2) is 11.5 Å². The second-order valence-corrected chi connectivity index (χ2v) is 7.04. The Morgan fingerprint density at radius 2 is 1.74 bits per heavy atom. The molecule has 27 heavy (non-hydrogen) atoms. The maximum atomic E-state index is 12.3. The molecule has 2 fully saturated rings. The Hall–Kier alpha value is -2.96. The molecule has 1 aromatic heterocycles. The van der Waals surface area contributed by atoms with Crippen molar-refractivity contribution in [2.24, 2.45) is 5.92 Å². The first-order valence-corrected chi connectivity index (χ1v) is 9.44. The molecule has 2 heterocycles. The molecule has 1 aliphatic heterocycles. The Morgan fingerprint density at radius 3 is 2.44 bits per heavy atom. The highest BCUT2D eigenvalue weighted by atomic mass is 16.2. The number of rotatable bonds is 4. The lowest BCUT2D eigenvalue weighted by Crippen LogP contribution is -2.36. The maximum Gasteiger partial charge on any atom is 0.276 e. The van der Waals surface area contributed by atoms with Crippen LogP contribution in [-0.4, -0.2) is 53.1 Å². The topological polar surface area (TPSA) is 78.4 Å². The Kier molecular flexibility index (Phi) is 5.00. The zero-order chi connectivity index (χ0) is 18.6. The fourth-order valence-electron chi connectivity index (χ4n) is 3.29. The van der Waals surface area contributed by atoms with Gasteiger partial charge in [0.25, 0.3) is 5.91 Å². The molecule has 7 nitrogen and oxygen atoms in total. The van der Waals surface area contributed by atoms with Crippen molar-refractivity contribution in [3.05, 3.63) is 48.2 Å². The Labute approximate surface area is 158 Å². The molecule has 1 saturated carbocycles. The average Bonchev–Trinajstić information content (AvgIpc) is 3.55. The summed E-state index contributed by atoms with van der Waals surface area (Å²) in [7, 11) is 0. The minimum Gasteiger partial charge on any atom is -0.353 e. The predicted molar refractivity (Wildman–Crippen MR) is 103 cm³/mol. The summed E-state index contributed by atoms with van der Waals surface area (Å²) >= 11 is 0. The lowest BCUT2D eigenvalue weighted by molar-refractivity contribution is -0.132. The van der Waals surface area contributed by atoms with Crippen LogP contribution < -0.4 is 10.2 Å². The van der Waals surface area contributed by atoms with Crippen molar-refractivity contribution in [2.45, 2.75) is 19.3 Å². The van der Waals surface area contributed by atoms with E-state index in [1.807, 2.05) is 41.3 Å². The first kappa shape index (κ1) is 17.5. The van der Waals surface area contributed by atoms with Gasteiger partial charge < -0.3 is 15.1 Å². The molecule has 0 radical (unpaired) electrons. The van der Waals surface area contributed by atoms with Gasteiger partial charge >= 0.3 is 0 Å². The third kappa shape index (κ3) is 4.24. The SMILES string of the molecule is O=C(Nc1ccccc1)c1ccc(N2CCCN(C(=O)C3CC3)CC2)nn1. The third-order valence-corrected chi connectivity index (χ3v) is 4.97. The van der Waals surface area contributed by atoms with Gasteiger partial charge in [-0.25, -0.2) is 0 Å². The summed E-state index contributed by atoms with van der Waals surface area (Å²) in [5.74, 6) is 1.03. The van der Waals surface area contributed by atoms with Crippen molar-refractivity contribution in [1.82, 2.24) is 15.1 Å². The molecule has 7 heteroatoms.